The highest BCUT2D eigenvalue weighted by Crippen LogP contribution is 2.30. The molecule has 1 aliphatic heterocycles. The minimum Gasteiger partial charge on any atom is -0.381 e. The van der Waals surface area contributed by atoms with Gasteiger partial charge >= 0.3 is 0 Å². The molecule has 0 spiro atoms. The Morgan fingerprint density at radius 1 is 0.972 bits per heavy atom. The van der Waals surface area contributed by atoms with Crippen LogP contribution < -0.4 is 10.2 Å². The summed E-state index contributed by atoms with van der Waals surface area (Å²) in [6.07, 6.45) is 4.15. The summed E-state index contributed by atoms with van der Waals surface area (Å²) in [5.41, 5.74) is 5.86. The summed E-state index contributed by atoms with van der Waals surface area (Å²) in [7, 11) is 1.79. The van der Waals surface area contributed by atoms with Crippen molar-refractivity contribution < 1.29 is 9.13 Å². The monoisotopic (exact) mass is 489 g/mol. The number of benzene rings is 1. The second-order valence-electron chi connectivity index (χ2n) is 10.1. The molecule has 2 fully saturated rings. The van der Waals surface area contributed by atoms with E-state index in [2.05, 4.69) is 12.2 Å². The summed E-state index contributed by atoms with van der Waals surface area (Å²) >= 11 is 0. The van der Waals surface area contributed by atoms with E-state index < -0.39 is 6.17 Å². The molecule has 1 atom stereocenters. The van der Waals surface area contributed by atoms with Gasteiger partial charge in [0.1, 0.15) is 29.2 Å². The van der Waals surface area contributed by atoms with Crippen molar-refractivity contribution in [1.82, 2.24) is 24.6 Å². The topological polar surface area (TPSA) is 80.5 Å². The van der Waals surface area contributed by atoms with Gasteiger partial charge in [0.2, 0.25) is 0 Å². The second kappa shape index (κ2) is 9.28. The number of nitrogens with one attached hydrogen (secondary N) is 1. The van der Waals surface area contributed by atoms with Crippen LogP contribution in [-0.4, -0.2) is 63.1 Å². The highest BCUT2D eigenvalue weighted by atomic mass is 19.1. The fourth-order valence-corrected chi connectivity index (χ4v) is 5.41. The lowest BCUT2D eigenvalue weighted by molar-refractivity contribution is 0.0681. The Kier molecular flexibility index (Phi) is 5.95. The van der Waals surface area contributed by atoms with E-state index in [1.165, 1.54) is 0 Å². The van der Waals surface area contributed by atoms with E-state index in [9.17, 15) is 4.39 Å². The zero-order valence-corrected chi connectivity index (χ0v) is 21.0. The molecule has 4 aromatic rings. The second-order valence-corrected chi connectivity index (χ2v) is 10.1. The molecule has 1 aliphatic carbocycles. The fraction of sp³-hybridized carbons (Fsp3) is 0.481. The summed E-state index contributed by atoms with van der Waals surface area (Å²) in [5, 5.41) is 8.63. The number of rotatable bonds is 5. The van der Waals surface area contributed by atoms with Crippen LogP contribution in [0.2, 0.25) is 0 Å². The number of hydrogen-bond donors (Lipinski definition) is 1. The van der Waals surface area contributed by atoms with Gasteiger partial charge in [-0.1, -0.05) is 6.07 Å². The Morgan fingerprint density at radius 2 is 1.81 bits per heavy atom. The number of fused-ring (bicyclic) bond motifs is 2. The van der Waals surface area contributed by atoms with Gasteiger partial charge in [-0.2, -0.15) is 9.61 Å². The van der Waals surface area contributed by atoms with Crippen molar-refractivity contribution in [3.63, 3.8) is 0 Å². The van der Waals surface area contributed by atoms with Gasteiger partial charge in [0.25, 0.3) is 0 Å². The minimum absolute atomic E-state index is 0.320. The molecule has 3 aromatic heterocycles. The Bertz CT molecular complexity index is 1410. The molecule has 4 heterocycles. The van der Waals surface area contributed by atoms with Gasteiger partial charge in [0, 0.05) is 31.8 Å². The first-order chi connectivity index (χ1) is 17.5. The molecule has 2 aliphatic rings. The Morgan fingerprint density at radius 3 is 2.56 bits per heavy atom. The van der Waals surface area contributed by atoms with Crippen LogP contribution in [0.1, 0.15) is 43.4 Å². The first-order valence-electron chi connectivity index (χ1n) is 12.8. The molecular formula is C27H32FN7O. The number of hydrogen-bond acceptors (Lipinski definition) is 7. The smallest absolute Gasteiger partial charge is 0.160 e. The number of alkyl halides is 1. The van der Waals surface area contributed by atoms with Crippen LogP contribution in [-0.2, 0) is 4.74 Å². The van der Waals surface area contributed by atoms with Gasteiger partial charge in [-0.25, -0.2) is 19.3 Å². The quantitative estimate of drug-likeness (QED) is 0.428. The van der Waals surface area contributed by atoms with Gasteiger partial charge in [0.15, 0.2) is 5.65 Å². The first kappa shape index (κ1) is 23.1. The van der Waals surface area contributed by atoms with Crippen LogP contribution >= 0.6 is 0 Å². The van der Waals surface area contributed by atoms with Crippen LogP contribution in [0.4, 0.5) is 16.0 Å². The molecule has 0 amide bonds. The minimum atomic E-state index is -0.816. The third-order valence-electron chi connectivity index (χ3n) is 7.46. The molecule has 0 bridgehead atoms. The van der Waals surface area contributed by atoms with Crippen molar-refractivity contribution in [3.05, 3.63) is 41.6 Å². The fourth-order valence-electron chi connectivity index (χ4n) is 5.41. The molecule has 1 N–H and O–H groups in total. The van der Waals surface area contributed by atoms with Crippen molar-refractivity contribution in [2.45, 2.75) is 64.3 Å². The predicted molar refractivity (Wildman–Crippen MR) is 139 cm³/mol. The summed E-state index contributed by atoms with van der Waals surface area (Å²) < 4.78 is 21.4. The SMILES string of the molecule is CO[C@H]1CC[C@H](Nc2cc(N3CC[C@@H](F)C3)nc3cc(-c4nc5cc(C)ccc5nc4C)nn23)CC1. The van der Waals surface area contributed by atoms with Crippen LogP contribution in [0.5, 0.6) is 0 Å². The summed E-state index contributed by atoms with van der Waals surface area (Å²) in [4.78, 5) is 16.6. The van der Waals surface area contributed by atoms with E-state index in [4.69, 9.17) is 24.8 Å². The number of aromatic nitrogens is 5. The van der Waals surface area contributed by atoms with Gasteiger partial charge in [-0.3, -0.25) is 0 Å². The van der Waals surface area contributed by atoms with Crippen molar-refractivity contribution in [1.29, 1.82) is 0 Å². The van der Waals surface area contributed by atoms with Crippen molar-refractivity contribution >= 4 is 28.3 Å². The average molecular weight is 490 g/mol. The lowest BCUT2D eigenvalue weighted by Crippen LogP contribution is -2.30. The maximum Gasteiger partial charge on any atom is 0.160 e. The number of nitrogens with zero attached hydrogens (tertiary/aromatic N) is 6. The lowest BCUT2D eigenvalue weighted by Gasteiger charge is -2.29. The van der Waals surface area contributed by atoms with Crippen LogP contribution in [0.15, 0.2) is 30.3 Å². The van der Waals surface area contributed by atoms with Crippen molar-refractivity contribution in [2.75, 3.05) is 30.4 Å². The lowest BCUT2D eigenvalue weighted by atomic mass is 9.93. The zero-order chi connectivity index (χ0) is 24.8. The number of halogens is 1. The highest BCUT2D eigenvalue weighted by Gasteiger charge is 2.26. The Labute approximate surface area is 209 Å². The normalized spacial score (nSPS) is 22.6. The molecule has 1 aromatic carbocycles. The molecule has 0 unspecified atom stereocenters. The van der Waals surface area contributed by atoms with E-state index in [0.717, 1.165) is 71.0 Å². The van der Waals surface area contributed by atoms with Crippen molar-refractivity contribution in [2.24, 2.45) is 0 Å². The first-order valence-corrected chi connectivity index (χ1v) is 12.8. The van der Waals surface area contributed by atoms with Gasteiger partial charge in [-0.05, 0) is 63.6 Å². The van der Waals surface area contributed by atoms with E-state index >= 15 is 0 Å². The molecule has 9 heteroatoms. The number of methoxy groups -OCH3 is 1. The van der Waals surface area contributed by atoms with E-state index in [-0.39, 0.29) is 0 Å². The van der Waals surface area contributed by atoms with E-state index in [0.29, 0.717) is 37.3 Å². The number of anilines is 2. The van der Waals surface area contributed by atoms with E-state index in [1.54, 1.807) is 7.11 Å². The zero-order valence-electron chi connectivity index (χ0n) is 21.0. The molecule has 36 heavy (non-hydrogen) atoms. The molecule has 1 saturated heterocycles. The third-order valence-corrected chi connectivity index (χ3v) is 7.46. The van der Waals surface area contributed by atoms with Gasteiger partial charge in [0.05, 0.1) is 29.4 Å². The summed E-state index contributed by atoms with van der Waals surface area (Å²) in [6.45, 7) is 5.05. The summed E-state index contributed by atoms with van der Waals surface area (Å²) in [5.74, 6) is 1.64. The standard InChI is InChI=1S/C27H32FN7O/c1-16-4-9-21-22(12-16)31-27(17(2)29-21)23-13-25-32-24(34-11-10-18(28)15-34)14-26(35(25)33-23)30-19-5-7-20(36-3)8-6-19/h4,9,12-14,18-20,30H,5-8,10-11,15H2,1-3H3/t18-,19-,20-/m1/s1. The molecule has 0 radical (unpaired) electrons. The molecule has 188 valence electrons. The third kappa shape index (κ3) is 4.36. The van der Waals surface area contributed by atoms with Gasteiger partial charge < -0.3 is 15.0 Å². The van der Waals surface area contributed by atoms with Crippen LogP contribution in [0, 0.1) is 13.8 Å². The molecular weight excluding hydrogens is 457 g/mol. The molecule has 8 nitrogen and oxygen atoms in total. The van der Waals surface area contributed by atoms with Crippen molar-refractivity contribution in [3.8, 4) is 11.4 Å². The van der Waals surface area contributed by atoms with Gasteiger partial charge in [-0.15, -0.1) is 0 Å². The molecule has 1 saturated carbocycles. The summed E-state index contributed by atoms with van der Waals surface area (Å²) in [6, 6.07) is 10.4. The predicted octanol–water partition coefficient (Wildman–Crippen LogP) is 4.87. The maximum absolute atomic E-state index is 14.0. The number of aryl methyl sites for hydroxylation is 2. The Balaban J connectivity index is 1.41. The highest BCUT2D eigenvalue weighted by molar-refractivity contribution is 5.79. The average Bonchev–Trinajstić information content (AvgIpc) is 3.51. The van der Waals surface area contributed by atoms with Crippen LogP contribution in [0.3, 0.4) is 0 Å². The Hall–Kier alpha value is -3.33. The maximum atomic E-state index is 14.0. The van der Waals surface area contributed by atoms with Crippen LogP contribution in [0.25, 0.3) is 28.1 Å². The van der Waals surface area contributed by atoms with E-state index in [1.807, 2.05) is 46.7 Å². The largest absolute Gasteiger partial charge is 0.381 e. The molecule has 6 rings (SSSR count). The number of ether oxygens (including phenoxy) is 1.